The van der Waals surface area contributed by atoms with Crippen LogP contribution in [0.25, 0.3) is 0 Å². The highest BCUT2D eigenvalue weighted by atomic mass is 19.2. The molecular formula is C35H36F2N4O4. The fourth-order valence-corrected chi connectivity index (χ4v) is 4.65. The number of nitrogens with one attached hydrogen (secondary N) is 3. The summed E-state index contributed by atoms with van der Waals surface area (Å²) in [6.45, 7) is 2.91. The molecule has 0 aliphatic rings. The van der Waals surface area contributed by atoms with Gasteiger partial charge >= 0.3 is 0 Å². The zero-order chi connectivity index (χ0) is 32.2. The topological polar surface area (TPSA) is 123 Å². The van der Waals surface area contributed by atoms with E-state index in [1.807, 2.05) is 31.2 Å². The molecule has 0 radical (unpaired) electrons. The average molecular weight is 615 g/mol. The van der Waals surface area contributed by atoms with Crippen LogP contribution in [0.15, 0.2) is 97.1 Å². The monoisotopic (exact) mass is 614 g/mol. The maximum Gasteiger partial charge on any atom is 0.251 e. The van der Waals surface area contributed by atoms with Gasteiger partial charge in [0.1, 0.15) is 17.8 Å². The minimum absolute atomic E-state index is 0.115. The lowest BCUT2D eigenvalue weighted by Crippen LogP contribution is -2.55. The molecule has 2 unspecified atom stereocenters. The van der Waals surface area contributed by atoms with Crippen LogP contribution in [0.2, 0.25) is 0 Å². The van der Waals surface area contributed by atoms with Crippen LogP contribution in [0.1, 0.15) is 39.5 Å². The molecule has 2 atom stereocenters. The second-order valence-corrected chi connectivity index (χ2v) is 10.4. The number of carbonyl (C=O) groups is 3. The molecule has 8 nitrogen and oxygen atoms in total. The lowest BCUT2D eigenvalue weighted by atomic mass is 10.0. The van der Waals surface area contributed by atoms with Gasteiger partial charge in [0.05, 0.1) is 6.61 Å². The molecule has 0 spiro atoms. The summed E-state index contributed by atoms with van der Waals surface area (Å²) in [5.41, 5.74) is 8.82. The minimum atomic E-state index is -1.16. The van der Waals surface area contributed by atoms with Crippen molar-refractivity contribution in [2.75, 3.05) is 6.61 Å². The summed E-state index contributed by atoms with van der Waals surface area (Å²) in [4.78, 5) is 40.3. The van der Waals surface area contributed by atoms with Crippen molar-refractivity contribution >= 4 is 17.7 Å². The highest BCUT2D eigenvalue weighted by molar-refractivity contribution is 5.98. The minimum Gasteiger partial charge on any atom is -0.494 e. The van der Waals surface area contributed by atoms with Gasteiger partial charge < -0.3 is 26.4 Å². The summed E-state index contributed by atoms with van der Waals surface area (Å²) >= 11 is 0. The predicted octanol–water partition coefficient (Wildman–Crippen LogP) is 4.21. The first-order valence-electron chi connectivity index (χ1n) is 14.6. The zero-order valence-corrected chi connectivity index (χ0v) is 24.9. The highest BCUT2D eigenvalue weighted by Gasteiger charge is 2.28. The molecule has 0 heterocycles. The van der Waals surface area contributed by atoms with Crippen LogP contribution >= 0.6 is 0 Å². The molecule has 5 N–H and O–H groups in total. The molecule has 4 aromatic rings. The molecular weight excluding hydrogens is 578 g/mol. The molecule has 4 rings (SSSR count). The molecule has 0 saturated carbocycles. The molecule has 0 saturated heterocycles. The van der Waals surface area contributed by atoms with E-state index in [0.29, 0.717) is 30.0 Å². The van der Waals surface area contributed by atoms with Gasteiger partial charge in [-0.3, -0.25) is 14.4 Å². The first-order valence-corrected chi connectivity index (χ1v) is 14.6. The first kappa shape index (κ1) is 32.8. The SMILES string of the molecule is CCOc1ccc(CC(NC(=O)c2ccccc2)C(=O)NC(Cc2ccc(F)c(F)c2)C(=O)NCc2ccc(CN)cc2)cc1. The van der Waals surface area contributed by atoms with Gasteiger partial charge in [-0.2, -0.15) is 0 Å². The third-order valence-electron chi connectivity index (χ3n) is 7.11. The normalized spacial score (nSPS) is 12.1. The molecule has 45 heavy (non-hydrogen) atoms. The Hall–Kier alpha value is -5.09. The van der Waals surface area contributed by atoms with Gasteiger partial charge in [0, 0.05) is 31.5 Å². The summed E-state index contributed by atoms with van der Waals surface area (Å²) in [6.07, 6.45) is -0.00684. The molecule has 4 aromatic carbocycles. The number of ether oxygens (including phenoxy) is 1. The van der Waals surface area contributed by atoms with Crippen molar-refractivity contribution in [1.29, 1.82) is 0 Å². The van der Waals surface area contributed by atoms with Gasteiger partial charge in [0.25, 0.3) is 5.91 Å². The van der Waals surface area contributed by atoms with Gasteiger partial charge in [-0.25, -0.2) is 8.78 Å². The van der Waals surface area contributed by atoms with Crippen LogP contribution in [0.5, 0.6) is 5.75 Å². The highest BCUT2D eigenvalue weighted by Crippen LogP contribution is 2.15. The van der Waals surface area contributed by atoms with E-state index in [2.05, 4.69) is 16.0 Å². The third-order valence-corrected chi connectivity index (χ3v) is 7.11. The summed E-state index contributed by atoms with van der Waals surface area (Å²) in [5.74, 6) is -3.06. The van der Waals surface area contributed by atoms with Crippen molar-refractivity contribution in [2.24, 2.45) is 5.73 Å². The fourth-order valence-electron chi connectivity index (χ4n) is 4.65. The molecule has 0 aromatic heterocycles. The Morgan fingerprint density at radius 3 is 1.96 bits per heavy atom. The lowest BCUT2D eigenvalue weighted by Gasteiger charge is -2.24. The van der Waals surface area contributed by atoms with Gasteiger partial charge in [-0.05, 0) is 65.6 Å². The first-order chi connectivity index (χ1) is 21.7. The van der Waals surface area contributed by atoms with Crippen LogP contribution in [0.4, 0.5) is 8.78 Å². The van der Waals surface area contributed by atoms with E-state index in [-0.39, 0.29) is 19.4 Å². The van der Waals surface area contributed by atoms with Crippen molar-refractivity contribution in [2.45, 2.75) is 44.9 Å². The van der Waals surface area contributed by atoms with Gasteiger partial charge in [0.15, 0.2) is 11.6 Å². The molecule has 0 bridgehead atoms. The number of hydrogen-bond donors (Lipinski definition) is 4. The second kappa shape index (κ2) is 16.1. The van der Waals surface area contributed by atoms with Crippen LogP contribution in [-0.4, -0.2) is 36.4 Å². The Kier molecular flexibility index (Phi) is 11.8. The number of benzene rings is 4. The molecule has 234 valence electrons. The smallest absolute Gasteiger partial charge is 0.251 e. The number of amides is 3. The number of carbonyl (C=O) groups excluding carboxylic acids is 3. The van der Waals surface area contributed by atoms with Crippen LogP contribution in [0.3, 0.4) is 0 Å². The van der Waals surface area contributed by atoms with E-state index in [1.165, 1.54) is 6.07 Å². The van der Waals surface area contributed by atoms with E-state index in [4.69, 9.17) is 10.5 Å². The molecule has 0 aliphatic heterocycles. The number of hydrogen-bond acceptors (Lipinski definition) is 5. The maximum absolute atomic E-state index is 14.0. The summed E-state index contributed by atoms with van der Waals surface area (Å²) in [6, 6.07) is 24.0. The second-order valence-electron chi connectivity index (χ2n) is 10.4. The Balaban J connectivity index is 1.56. The average Bonchev–Trinajstić information content (AvgIpc) is 3.06. The Morgan fingerprint density at radius 2 is 1.31 bits per heavy atom. The number of nitrogens with two attached hydrogens (primary N) is 1. The van der Waals surface area contributed by atoms with E-state index < -0.39 is 41.4 Å². The summed E-state index contributed by atoms with van der Waals surface area (Å²) in [5, 5.41) is 8.33. The predicted molar refractivity (Wildman–Crippen MR) is 167 cm³/mol. The number of halogens is 2. The standard InChI is InChI=1S/C35H36F2N4O4/c1-2-45-28-15-12-23(13-16-28)19-32(40-33(42)27-6-4-3-5-7-27)35(44)41-31(20-26-14-17-29(36)30(37)18-26)34(43)39-22-25-10-8-24(21-38)9-11-25/h3-18,31-32H,2,19-22,38H2,1H3,(H,39,43)(H,40,42)(H,41,44). The summed E-state index contributed by atoms with van der Waals surface area (Å²) in [7, 11) is 0. The summed E-state index contributed by atoms with van der Waals surface area (Å²) < 4.78 is 33.2. The van der Waals surface area contributed by atoms with Crippen molar-refractivity contribution in [3.8, 4) is 5.75 Å². The maximum atomic E-state index is 14.0. The largest absolute Gasteiger partial charge is 0.494 e. The van der Waals surface area contributed by atoms with Crippen LogP contribution in [0, 0.1) is 11.6 Å². The number of rotatable bonds is 14. The Labute approximate surface area is 261 Å². The van der Waals surface area contributed by atoms with E-state index in [1.54, 1.807) is 54.6 Å². The van der Waals surface area contributed by atoms with Crippen LogP contribution in [-0.2, 0) is 35.5 Å². The van der Waals surface area contributed by atoms with E-state index in [9.17, 15) is 23.2 Å². The zero-order valence-electron chi connectivity index (χ0n) is 24.9. The lowest BCUT2D eigenvalue weighted by molar-refractivity contribution is -0.130. The van der Waals surface area contributed by atoms with Gasteiger partial charge in [-0.15, -0.1) is 0 Å². The fraction of sp³-hybridized carbons (Fsp3) is 0.229. The van der Waals surface area contributed by atoms with E-state index >= 15 is 0 Å². The van der Waals surface area contributed by atoms with Crippen molar-refractivity contribution in [3.63, 3.8) is 0 Å². The third kappa shape index (κ3) is 9.70. The van der Waals surface area contributed by atoms with Crippen LogP contribution < -0.4 is 26.4 Å². The molecule has 0 fully saturated rings. The van der Waals surface area contributed by atoms with E-state index in [0.717, 1.165) is 28.8 Å². The van der Waals surface area contributed by atoms with Crippen molar-refractivity contribution in [1.82, 2.24) is 16.0 Å². The Morgan fingerprint density at radius 1 is 0.711 bits per heavy atom. The van der Waals surface area contributed by atoms with Crippen molar-refractivity contribution in [3.05, 3.63) is 137 Å². The molecule has 3 amide bonds. The molecule has 0 aliphatic carbocycles. The van der Waals surface area contributed by atoms with Crippen molar-refractivity contribution < 1.29 is 27.9 Å². The van der Waals surface area contributed by atoms with Gasteiger partial charge in [0.2, 0.25) is 11.8 Å². The molecule has 10 heteroatoms. The van der Waals surface area contributed by atoms with Gasteiger partial charge in [-0.1, -0.05) is 60.7 Å². The Bertz CT molecular complexity index is 1580. The quantitative estimate of drug-likeness (QED) is 0.170.